The zero-order chi connectivity index (χ0) is 21.8. The van der Waals surface area contributed by atoms with Gasteiger partial charge in [0.2, 0.25) is 0 Å². The third-order valence-electron chi connectivity index (χ3n) is 4.95. The van der Waals surface area contributed by atoms with Crippen LogP contribution < -0.4 is 10.2 Å². The summed E-state index contributed by atoms with van der Waals surface area (Å²) < 4.78 is 44.8. The van der Waals surface area contributed by atoms with Crippen molar-refractivity contribution in [1.29, 1.82) is 0 Å². The first kappa shape index (κ1) is 20.8. The third kappa shape index (κ3) is 5.00. The Morgan fingerprint density at radius 2 is 1.94 bits per heavy atom. The Morgan fingerprint density at radius 1 is 1.13 bits per heavy atom. The zero-order valence-corrected chi connectivity index (χ0v) is 16.3. The molecule has 0 aliphatic carbocycles. The number of alkyl halides is 3. The summed E-state index contributed by atoms with van der Waals surface area (Å²) in [4.78, 5) is 28.5. The minimum Gasteiger partial charge on any atom is -0.451 e. The monoisotopic (exact) mass is 432 g/mol. The number of rotatable bonds is 5. The van der Waals surface area contributed by atoms with Crippen LogP contribution in [0, 0.1) is 0 Å². The summed E-state index contributed by atoms with van der Waals surface area (Å²) in [5.74, 6) is -0.627. The molecule has 3 heterocycles. The van der Waals surface area contributed by atoms with E-state index < -0.39 is 17.6 Å². The Morgan fingerprint density at radius 3 is 2.58 bits per heavy atom. The number of piperazine rings is 1. The Balaban J connectivity index is 1.53. The number of benzene rings is 1. The predicted molar refractivity (Wildman–Crippen MR) is 105 cm³/mol. The fourth-order valence-corrected chi connectivity index (χ4v) is 3.38. The summed E-state index contributed by atoms with van der Waals surface area (Å²) in [7, 11) is 0. The maximum Gasteiger partial charge on any atom is 0.416 e. The number of nitrogens with one attached hydrogen (secondary N) is 1. The Kier molecular flexibility index (Phi) is 5.85. The molecule has 1 aliphatic heterocycles. The van der Waals surface area contributed by atoms with Gasteiger partial charge in [0.15, 0.2) is 6.39 Å². The van der Waals surface area contributed by atoms with E-state index >= 15 is 0 Å². The molecule has 1 N–H and O–H groups in total. The second-order valence-electron chi connectivity index (χ2n) is 7.02. The minimum absolute atomic E-state index is 0.0169. The van der Waals surface area contributed by atoms with Gasteiger partial charge in [-0.1, -0.05) is 0 Å². The number of carbonyl (C=O) groups is 1. The molecule has 31 heavy (non-hydrogen) atoms. The quantitative estimate of drug-likeness (QED) is 0.663. The largest absolute Gasteiger partial charge is 0.451 e. The summed E-state index contributed by atoms with van der Waals surface area (Å²) in [5, 5.41) is 2.57. The topological polar surface area (TPSA) is 87.4 Å². The molecule has 3 aromatic rings. The SMILES string of the molecule is O=C(Nc1cc(C(F)(F)F)ccc1N1CCN(Cc2cocn2)CC1)c1cnccn1. The highest BCUT2D eigenvalue weighted by atomic mass is 19.4. The van der Waals surface area contributed by atoms with E-state index in [2.05, 4.69) is 25.2 Å². The van der Waals surface area contributed by atoms with E-state index in [9.17, 15) is 18.0 Å². The standard InChI is InChI=1S/C20H19F3N6O2/c21-20(22,23)14-1-2-18(16(9-14)27-19(30)17-10-24-3-4-25-17)29-7-5-28(6-8-29)11-15-12-31-13-26-15/h1-4,9-10,12-13H,5-8,11H2,(H,27,30). The van der Waals surface area contributed by atoms with Gasteiger partial charge in [0.25, 0.3) is 5.91 Å². The first-order valence-electron chi connectivity index (χ1n) is 9.53. The van der Waals surface area contributed by atoms with Crippen molar-refractivity contribution in [2.24, 2.45) is 0 Å². The van der Waals surface area contributed by atoms with Gasteiger partial charge in [-0.15, -0.1) is 0 Å². The molecular formula is C20H19F3N6O2. The van der Waals surface area contributed by atoms with Crippen molar-refractivity contribution in [3.8, 4) is 0 Å². The third-order valence-corrected chi connectivity index (χ3v) is 4.95. The average Bonchev–Trinajstić information content (AvgIpc) is 3.27. The van der Waals surface area contributed by atoms with Crippen LogP contribution in [0.3, 0.4) is 0 Å². The second-order valence-corrected chi connectivity index (χ2v) is 7.02. The number of aromatic nitrogens is 3. The molecule has 0 unspecified atom stereocenters. The number of hydrogen-bond acceptors (Lipinski definition) is 7. The van der Waals surface area contributed by atoms with Crippen LogP contribution in [0.4, 0.5) is 24.5 Å². The molecule has 0 atom stereocenters. The first-order valence-corrected chi connectivity index (χ1v) is 9.53. The number of nitrogens with zero attached hydrogens (tertiary/aromatic N) is 5. The van der Waals surface area contributed by atoms with Gasteiger partial charge in [0.05, 0.1) is 28.8 Å². The maximum atomic E-state index is 13.3. The molecule has 0 spiro atoms. The van der Waals surface area contributed by atoms with E-state index in [1.807, 2.05) is 4.90 Å². The van der Waals surface area contributed by atoms with Crippen LogP contribution in [0.5, 0.6) is 0 Å². The highest BCUT2D eigenvalue weighted by Gasteiger charge is 2.32. The van der Waals surface area contributed by atoms with Gasteiger partial charge in [-0.2, -0.15) is 13.2 Å². The van der Waals surface area contributed by atoms with Gasteiger partial charge >= 0.3 is 6.18 Å². The van der Waals surface area contributed by atoms with Gasteiger partial charge < -0.3 is 14.6 Å². The molecule has 1 fully saturated rings. The molecule has 0 saturated carbocycles. The molecule has 1 saturated heterocycles. The predicted octanol–water partition coefficient (Wildman–Crippen LogP) is 3.06. The molecule has 2 aromatic heterocycles. The van der Waals surface area contributed by atoms with Crippen molar-refractivity contribution in [2.45, 2.75) is 12.7 Å². The minimum atomic E-state index is -4.53. The highest BCUT2D eigenvalue weighted by Crippen LogP contribution is 2.36. The van der Waals surface area contributed by atoms with E-state index in [1.54, 1.807) is 6.26 Å². The fourth-order valence-electron chi connectivity index (χ4n) is 3.38. The first-order chi connectivity index (χ1) is 14.9. The number of halogens is 3. The van der Waals surface area contributed by atoms with E-state index in [-0.39, 0.29) is 11.4 Å². The Labute approximate surface area is 175 Å². The molecule has 8 nitrogen and oxygen atoms in total. The van der Waals surface area contributed by atoms with Crippen molar-refractivity contribution in [3.63, 3.8) is 0 Å². The van der Waals surface area contributed by atoms with E-state index in [0.29, 0.717) is 38.4 Å². The summed E-state index contributed by atoms with van der Waals surface area (Å²) in [6, 6.07) is 3.36. The van der Waals surface area contributed by atoms with Gasteiger partial charge in [-0.3, -0.25) is 14.7 Å². The van der Waals surface area contributed by atoms with Crippen molar-refractivity contribution < 1.29 is 22.4 Å². The highest BCUT2D eigenvalue weighted by molar-refractivity contribution is 6.04. The van der Waals surface area contributed by atoms with E-state index in [4.69, 9.17) is 4.42 Å². The molecular weight excluding hydrogens is 413 g/mol. The summed E-state index contributed by atoms with van der Waals surface area (Å²) in [5.41, 5.74) is 0.598. The lowest BCUT2D eigenvalue weighted by Crippen LogP contribution is -2.46. The van der Waals surface area contributed by atoms with Crippen molar-refractivity contribution >= 4 is 17.3 Å². The average molecular weight is 432 g/mol. The molecule has 1 amide bonds. The number of anilines is 2. The van der Waals surface area contributed by atoms with Crippen LogP contribution in [0.15, 0.2) is 53.9 Å². The van der Waals surface area contributed by atoms with Gasteiger partial charge in [-0.25, -0.2) is 9.97 Å². The molecule has 0 radical (unpaired) electrons. The van der Waals surface area contributed by atoms with Crippen LogP contribution in [0.1, 0.15) is 21.7 Å². The van der Waals surface area contributed by atoms with Gasteiger partial charge in [0, 0.05) is 45.1 Å². The van der Waals surface area contributed by atoms with Crippen LogP contribution in [-0.2, 0) is 12.7 Å². The molecule has 1 aromatic carbocycles. The number of oxazole rings is 1. The van der Waals surface area contributed by atoms with Crippen LogP contribution in [0.2, 0.25) is 0 Å². The van der Waals surface area contributed by atoms with Gasteiger partial charge in [-0.05, 0) is 18.2 Å². The second kappa shape index (κ2) is 8.72. The van der Waals surface area contributed by atoms with Gasteiger partial charge in [0.1, 0.15) is 12.0 Å². The molecule has 4 rings (SSSR count). The lowest BCUT2D eigenvalue weighted by molar-refractivity contribution is -0.137. The van der Waals surface area contributed by atoms with Crippen molar-refractivity contribution in [2.75, 3.05) is 36.4 Å². The van der Waals surface area contributed by atoms with Crippen LogP contribution in [-0.4, -0.2) is 51.9 Å². The zero-order valence-electron chi connectivity index (χ0n) is 16.3. The maximum absolute atomic E-state index is 13.3. The number of amides is 1. The van der Waals surface area contributed by atoms with E-state index in [0.717, 1.165) is 17.8 Å². The fraction of sp³-hybridized carbons (Fsp3) is 0.300. The molecule has 162 valence electrons. The van der Waals surface area contributed by atoms with Crippen LogP contribution in [0.25, 0.3) is 0 Å². The smallest absolute Gasteiger partial charge is 0.416 e. The Hall–Kier alpha value is -3.47. The summed E-state index contributed by atoms with van der Waals surface area (Å²) >= 11 is 0. The lowest BCUT2D eigenvalue weighted by atomic mass is 10.1. The van der Waals surface area contributed by atoms with E-state index in [1.165, 1.54) is 31.1 Å². The summed E-state index contributed by atoms with van der Waals surface area (Å²) in [6.07, 6.45) is 2.44. The molecule has 0 bridgehead atoms. The molecule has 1 aliphatic rings. The molecule has 11 heteroatoms. The normalized spacial score (nSPS) is 15.1. The number of carbonyl (C=O) groups excluding carboxylic acids is 1. The van der Waals surface area contributed by atoms with Crippen LogP contribution >= 0.6 is 0 Å². The van der Waals surface area contributed by atoms with Crippen molar-refractivity contribution in [3.05, 3.63) is 66.4 Å². The lowest BCUT2D eigenvalue weighted by Gasteiger charge is -2.36. The Bertz CT molecular complexity index is 1020. The summed E-state index contributed by atoms with van der Waals surface area (Å²) in [6.45, 7) is 3.17. The number of hydrogen-bond donors (Lipinski definition) is 1. The van der Waals surface area contributed by atoms with Crippen molar-refractivity contribution in [1.82, 2.24) is 19.9 Å².